The summed E-state index contributed by atoms with van der Waals surface area (Å²) in [6.07, 6.45) is 0.985. The third kappa shape index (κ3) is 11.3. The molecule has 2 N–H and O–H groups in total. The van der Waals surface area contributed by atoms with Crippen molar-refractivity contribution in [1.29, 1.82) is 0 Å². The van der Waals surface area contributed by atoms with E-state index in [-0.39, 0.29) is 18.4 Å². The highest BCUT2D eigenvalue weighted by atomic mass is 35.5. The molecule has 0 rings (SSSR count). The van der Waals surface area contributed by atoms with Crippen LogP contribution >= 0.6 is 0 Å². The summed E-state index contributed by atoms with van der Waals surface area (Å²) in [5, 5.41) is 2.90. The summed E-state index contributed by atoms with van der Waals surface area (Å²) < 4.78 is 4.89. The molecule has 0 aliphatic rings. The summed E-state index contributed by atoms with van der Waals surface area (Å²) in [6, 6.07) is 0.332. The number of quaternary nitrogens is 1. The molecule has 0 atom stereocenters. The second kappa shape index (κ2) is 10.7. The molecule has 0 amide bonds. The van der Waals surface area contributed by atoms with E-state index in [2.05, 4.69) is 24.4 Å². The van der Waals surface area contributed by atoms with Gasteiger partial charge in [-0.25, -0.2) is 4.99 Å². The van der Waals surface area contributed by atoms with Crippen molar-refractivity contribution in [2.24, 2.45) is 4.99 Å². The van der Waals surface area contributed by atoms with Crippen molar-refractivity contribution < 1.29 is 26.8 Å². The van der Waals surface area contributed by atoms with E-state index in [1.807, 2.05) is 6.92 Å². The molecule has 0 fully saturated rings. The van der Waals surface area contributed by atoms with Gasteiger partial charge >= 0.3 is 5.97 Å². The molecule has 0 spiro atoms. The van der Waals surface area contributed by atoms with Crippen LogP contribution in [0.2, 0.25) is 0 Å². The Hall–Kier alpha value is -0.810. The van der Waals surface area contributed by atoms with Crippen molar-refractivity contribution in [3.8, 4) is 0 Å². The fraction of sp³-hybridized carbons (Fsp3) is 0.800. The molecule has 0 unspecified atom stereocenters. The zero-order valence-electron chi connectivity index (χ0n) is 10.5. The first-order valence-electron chi connectivity index (χ1n) is 5.32. The van der Waals surface area contributed by atoms with Gasteiger partial charge in [0.2, 0.25) is 0 Å². The standard InChI is InChI=1S/C10H21N3O2.ClH/c1-5-11-10(15-9(2)14)12-7-6-8-13(3)4;/h5-8H2,1-4H3,(H,11,12);1H. The maximum atomic E-state index is 10.7. The van der Waals surface area contributed by atoms with Crippen molar-refractivity contribution in [3.05, 3.63) is 0 Å². The molecule has 0 saturated carbocycles. The zero-order valence-corrected chi connectivity index (χ0v) is 11.2. The van der Waals surface area contributed by atoms with Gasteiger partial charge in [0.25, 0.3) is 6.02 Å². The van der Waals surface area contributed by atoms with Gasteiger partial charge in [-0.15, -0.1) is 0 Å². The number of carbonyl (C=O) groups is 1. The quantitative estimate of drug-likeness (QED) is 0.227. The molecule has 0 aromatic heterocycles. The highest BCUT2D eigenvalue weighted by Gasteiger charge is 2.01. The molecule has 0 bridgehead atoms. The molecule has 0 aromatic carbocycles. The minimum absolute atomic E-state index is 0. The second-order valence-electron chi connectivity index (χ2n) is 3.62. The first-order chi connectivity index (χ1) is 7.06. The van der Waals surface area contributed by atoms with Crippen molar-refractivity contribution in [3.63, 3.8) is 0 Å². The Morgan fingerprint density at radius 3 is 2.50 bits per heavy atom. The van der Waals surface area contributed by atoms with E-state index in [9.17, 15) is 4.79 Å². The minimum atomic E-state index is -0.340. The van der Waals surface area contributed by atoms with Crippen LogP contribution in [0.3, 0.4) is 0 Å². The Bertz CT molecular complexity index is 220. The minimum Gasteiger partial charge on any atom is -1.00 e. The molecule has 96 valence electrons. The van der Waals surface area contributed by atoms with E-state index in [0.29, 0.717) is 19.1 Å². The number of hydrogen-bond acceptors (Lipinski definition) is 3. The van der Waals surface area contributed by atoms with Crippen LogP contribution in [0.1, 0.15) is 20.3 Å². The topological polar surface area (TPSA) is 55.1 Å². The van der Waals surface area contributed by atoms with Crippen LogP contribution < -0.4 is 22.6 Å². The van der Waals surface area contributed by atoms with Crippen LogP contribution in [0, 0.1) is 0 Å². The normalized spacial score (nSPS) is 10.9. The van der Waals surface area contributed by atoms with Crippen LogP contribution in [0.25, 0.3) is 0 Å². The van der Waals surface area contributed by atoms with Crippen molar-refractivity contribution in [2.45, 2.75) is 20.3 Å². The number of esters is 1. The predicted octanol–water partition coefficient (Wildman–Crippen LogP) is -3.95. The van der Waals surface area contributed by atoms with Gasteiger partial charge in [-0.1, -0.05) is 0 Å². The van der Waals surface area contributed by atoms with E-state index < -0.39 is 0 Å². The van der Waals surface area contributed by atoms with Crippen LogP contribution in [-0.2, 0) is 9.53 Å². The van der Waals surface area contributed by atoms with Crippen LogP contribution in [-0.4, -0.2) is 45.7 Å². The van der Waals surface area contributed by atoms with Gasteiger partial charge in [-0.3, -0.25) is 4.79 Å². The molecule has 5 nitrogen and oxygen atoms in total. The zero-order chi connectivity index (χ0) is 11.7. The van der Waals surface area contributed by atoms with E-state index in [4.69, 9.17) is 4.74 Å². The number of amidine groups is 1. The number of carbonyl (C=O) groups excluding carboxylic acids is 1. The van der Waals surface area contributed by atoms with Crippen LogP contribution in [0.4, 0.5) is 0 Å². The maximum absolute atomic E-state index is 10.7. The van der Waals surface area contributed by atoms with Gasteiger partial charge in [-0.2, -0.15) is 0 Å². The fourth-order valence-corrected chi connectivity index (χ4v) is 1.02. The third-order valence-electron chi connectivity index (χ3n) is 1.66. The lowest BCUT2D eigenvalue weighted by Crippen LogP contribution is -3.05. The van der Waals surface area contributed by atoms with E-state index in [1.165, 1.54) is 11.8 Å². The van der Waals surface area contributed by atoms with Crippen molar-refractivity contribution in [2.75, 3.05) is 33.7 Å². The lowest BCUT2D eigenvalue weighted by atomic mass is 10.4. The monoisotopic (exact) mass is 251 g/mol. The van der Waals surface area contributed by atoms with Gasteiger partial charge in [0.05, 0.1) is 20.6 Å². The summed E-state index contributed by atoms with van der Waals surface area (Å²) in [6.45, 7) is 5.74. The Morgan fingerprint density at radius 1 is 1.44 bits per heavy atom. The molecule has 0 heterocycles. The number of nitrogens with one attached hydrogen (secondary N) is 2. The number of rotatable bonds is 5. The first-order valence-corrected chi connectivity index (χ1v) is 5.32. The van der Waals surface area contributed by atoms with Gasteiger partial charge in [0.1, 0.15) is 0 Å². The number of ether oxygens (including phenoxy) is 1. The summed E-state index contributed by atoms with van der Waals surface area (Å²) in [4.78, 5) is 16.3. The average Bonchev–Trinajstić information content (AvgIpc) is 2.11. The predicted molar refractivity (Wildman–Crippen MR) is 60.0 cm³/mol. The molecule has 0 aliphatic heterocycles. The van der Waals surface area contributed by atoms with Crippen LogP contribution in [0.15, 0.2) is 4.99 Å². The second-order valence-corrected chi connectivity index (χ2v) is 3.62. The highest BCUT2D eigenvalue weighted by molar-refractivity contribution is 5.86. The maximum Gasteiger partial charge on any atom is 0.310 e. The Labute approximate surface area is 104 Å². The Kier molecular flexibility index (Phi) is 11.8. The fourth-order valence-electron chi connectivity index (χ4n) is 1.02. The molecule has 0 aliphatic carbocycles. The van der Waals surface area contributed by atoms with E-state index >= 15 is 0 Å². The molecule has 0 aromatic rings. The Balaban J connectivity index is 0. The molecular formula is C10H22ClN3O2. The van der Waals surface area contributed by atoms with Gasteiger partial charge in [0.15, 0.2) is 0 Å². The first kappa shape index (κ1) is 17.6. The summed E-state index contributed by atoms with van der Waals surface area (Å²) in [5.41, 5.74) is 0. The number of halogens is 1. The van der Waals surface area contributed by atoms with Gasteiger partial charge in [-0.05, 0) is 6.92 Å². The molecule has 6 heteroatoms. The number of nitrogens with zero attached hydrogens (tertiary/aromatic N) is 1. The Morgan fingerprint density at radius 2 is 2.06 bits per heavy atom. The number of hydrogen-bond donors (Lipinski definition) is 2. The van der Waals surface area contributed by atoms with Gasteiger partial charge < -0.3 is 27.4 Å². The lowest BCUT2D eigenvalue weighted by Gasteiger charge is -2.07. The van der Waals surface area contributed by atoms with Gasteiger partial charge in [0, 0.05) is 26.4 Å². The third-order valence-corrected chi connectivity index (χ3v) is 1.66. The molecule has 0 saturated heterocycles. The number of aliphatic imine (C=N–C) groups is 1. The van der Waals surface area contributed by atoms with E-state index in [1.54, 1.807) is 0 Å². The lowest BCUT2D eigenvalue weighted by molar-refractivity contribution is -0.858. The largest absolute Gasteiger partial charge is 1.00 e. The highest BCUT2D eigenvalue weighted by Crippen LogP contribution is 1.84. The molecular weight excluding hydrogens is 230 g/mol. The van der Waals surface area contributed by atoms with Crippen molar-refractivity contribution in [1.82, 2.24) is 5.32 Å². The molecule has 16 heavy (non-hydrogen) atoms. The summed E-state index contributed by atoms with van der Waals surface area (Å²) >= 11 is 0. The summed E-state index contributed by atoms with van der Waals surface area (Å²) in [5.74, 6) is -0.340. The smallest absolute Gasteiger partial charge is 0.310 e. The molecule has 0 radical (unpaired) electrons. The summed E-state index contributed by atoms with van der Waals surface area (Å²) in [7, 11) is 4.20. The SMILES string of the molecule is CCNC(=NCCC[NH+](C)C)OC(C)=O.[Cl-]. The van der Waals surface area contributed by atoms with Crippen LogP contribution in [0.5, 0.6) is 0 Å². The average molecular weight is 252 g/mol. The van der Waals surface area contributed by atoms with Crippen molar-refractivity contribution >= 4 is 12.0 Å². The van der Waals surface area contributed by atoms with E-state index in [0.717, 1.165) is 13.0 Å².